The van der Waals surface area contributed by atoms with Crippen molar-refractivity contribution >= 4 is 50.7 Å². The Hall–Kier alpha value is -3.47. The van der Waals surface area contributed by atoms with Crippen molar-refractivity contribution in [3.63, 3.8) is 0 Å². The van der Waals surface area contributed by atoms with E-state index in [9.17, 15) is 18.0 Å². The minimum Gasteiger partial charge on any atom is -0.486 e. The summed E-state index contributed by atoms with van der Waals surface area (Å²) in [6.45, 7) is 1.88. The largest absolute Gasteiger partial charge is 0.486 e. The van der Waals surface area contributed by atoms with Gasteiger partial charge in [0.1, 0.15) is 25.8 Å². The third kappa shape index (κ3) is 6.46. The lowest BCUT2D eigenvalue weighted by atomic mass is 10.1. The van der Waals surface area contributed by atoms with Gasteiger partial charge < -0.3 is 19.7 Å². The summed E-state index contributed by atoms with van der Waals surface area (Å²) in [5, 5.41) is 3.23. The molecule has 2 amide bonds. The van der Waals surface area contributed by atoms with Crippen molar-refractivity contribution in [3.8, 4) is 11.5 Å². The van der Waals surface area contributed by atoms with Crippen LogP contribution in [0, 0.1) is 0 Å². The van der Waals surface area contributed by atoms with Crippen LogP contribution in [0.25, 0.3) is 0 Å². The van der Waals surface area contributed by atoms with E-state index in [1.807, 2.05) is 0 Å². The molecular formula is C28H29Cl2N3O6S. The highest BCUT2D eigenvalue weighted by Gasteiger charge is 2.34. The van der Waals surface area contributed by atoms with Crippen LogP contribution in [-0.2, 0) is 26.2 Å². The molecule has 9 nitrogen and oxygen atoms in total. The fraction of sp³-hybridized carbons (Fsp3) is 0.286. The molecule has 1 aliphatic heterocycles. The molecule has 0 saturated carbocycles. The normalized spacial score (nSPS) is 13.3. The number of rotatable bonds is 10. The molecule has 0 saturated heterocycles. The molecule has 1 aliphatic rings. The summed E-state index contributed by atoms with van der Waals surface area (Å²) in [5.74, 6) is -0.122. The number of hydrogen-bond acceptors (Lipinski definition) is 6. The summed E-state index contributed by atoms with van der Waals surface area (Å²) in [6, 6.07) is 16.6. The highest BCUT2D eigenvalue weighted by atomic mass is 35.5. The number of nitrogens with zero attached hydrogens (tertiary/aromatic N) is 2. The summed E-state index contributed by atoms with van der Waals surface area (Å²) >= 11 is 12.3. The van der Waals surface area contributed by atoms with E-state index in [4.69, 9.17) is 32.7 Å². The lowest BCUT2D eigenvalue weighted by Crippen LogP contribution is -2.51. The zero-order chi connectivity index (χ0) is 28.9. The maximum absolute atomic E-state index is 14.0. The zero-order valence-electron chi connectivity index (χ0n) is 22.0. The van der Waals surface area contributed by atoms with Crippen LogP contribution >= 0.6 is 23.2 Å². The van der Waals surface area contributed by atoms with E-state index >= 15 is 0 Å². The highest BCUT2D eigenvalue weighted by Crippen LogP contribution is 2.36. The molecule has 1 atom stereocenters. The first-order valence-corrected chi connectivity index (χ1v) is 14.8. The quantitative estimate of drug-likeness (QED) is 0.364. The minimum absolute atomic E-state index is 0.00200. The third-order valence-electron chi connectivity index (χ3n) is 6.39. The van der Waals surface area contributed by atoms with Crippen LogP contribution in [0.1, 0.15) is 18.9 Å². The van der Waals surface area contributed by atoms with E-state index in [1.165, 1.54) is 30.1 Å². The van der Waals surface area contributed by atoms with Crippen LogP contribution in [0.2, 0.25) is 10.0 Å². The number of likely N-dealkylation sites (N-methyl/N-ethyl adjacent to an activating group) is 1. The average molecular weight is 607 g/mol. The van der Waals surface area contributed by atoms with E-state index < -0.39 is 28.5 Å². The Morgan fingerprint density at radius 2 is 1.65 bits per heavy atom. The van der Waals surface area contributed by atoms with Gasteiger partial charge in [-0.3, -0.25) is 13.9 Å². The molecule has 0 spiro atoms. The molecule has 12 heteroatoms. The lowest BCUT2D eigenvalue weighted by Gasteiger charge is -2.33. The van der Waals surface area contributed by atoms with E-state index in [0.717, 1.165) is 4.31 Å². The Morgan fingerprint density at radius 1 is 0.950 bits per heavy atom. The molecule has 3 aromatic rings. The number of anilines is 1. The molecular weight excluding hydrogens is 577 g/mol. The fourth-order valence-corrected chi connectivity index (χ4v) is 6.10. The number of carbonyl (C=O) groups is 2. The van der Waals surface area contributed by atoms with Crippen LogP contribution in [0.15, 0.2) is 71.6 Å². The Labute approximate surface area is 243 Å². The maximum atomic E-state index is 14.0. The predicted molar refractivity (Wildman–Crippen MR) is 154 cm³/mol. The van der Waals surface area contributed by atoms with Crippen LogP contribution in [-0.4, -0.2) is 58.0 Å². The summed E-state index contributed by atoms with van der Waals surface area (Å²) in [5.41, 5.74) is 0.839. The van der Waals surface area contributed by atoms with Gasteiger partial charge in [-0.25, -0.2) is 8.42 Å². The summed E-state index contributed by atoms with van der Waals surface area (Å²) in [6.07, 6.45) is 0.294. The molecule has 0 aliphatic carbocycles. The second-order valence-corrected chi connectivity index (χ2v) is 11.6. The average Bonchev–Trinajstić information content (AvgIpc) is 2.97. The number of hydrogen-bond donors (Lipinski definition) is 1. The van der Waals surface area contributed by atoms with Gasteiger partial charge in [-0.1, -0.05) is 54.4 Å². The number of sulfonamides is 1. The first-order chi connectivity index (χ1) is 19.1. The Balaban J connectivity index is 1.76. The standard InChI is InChI=1S/C28H29Cl2N3O6S/c1-3-24(28(35)31-2)32(17-19-9-11-22(29)23(30)15-19)27(34)18-33(40(36,37)21-7-5-4-6-8-21)20-10-12-25-26(16-20)39-14-13-38-25/h4-12,15-16,24H,3,13-14,17-18H2,1-2H3,(H,31,35). The second kappa shape index (κ2) is 12.8. The molecule has 0 radical (unpaired) electrons. The van der Waals surface area contributed by atoms with Crippen molar-refractivity contribution < 1.29 is 27.5 Å². The molecule has 212 valence electrons. The molecule has 1 heterocycles. The minimum atomic E-state index is -4.20. The molecule has 0 aromatic heterocycles. The zero-order valence-corrected chi connectivity index (χ0v) is 24.3. The van der Waals surface area contributed by atoms with Crippen molar-refractivity contribution in [1.82, 2.24) is 10.2 Å². The number of carbonyl (C=O) groups excluding carboxylic acids is 2. The van der Waals surface area contributed by atoms with Crippen molar-refractivity contribution in [1.29, 1.82) is 0 Å². The van der Waals surface area contributed by atoms with Gasteiger partial charge in [0, 0.05) is 19.7 Å². The Kier molecular flexibility index (Phi) is 9.44. The maximum Gasteiger partial charge on any atom is 0.264 e. The molecule has 4 rings (SSSR count). The van der Waals surface area contributed by atoms with E-state index in [-0.39, 0.29) is 23.0 Å². The third-order valence-corrected chi connectivity index (χ3v) is 8.92. The first-order valence-electron chi connectivity index (χ1n) is 12.6. The van der Waals surface area contributed by atoms with Crippen molar-refractivity contribution in [2.75, 3.05) is 31.1 Å². The van der Waals surface area contributed by atoms with Gasteiger partial charge in [0.2, 0.25) is 11.8 Å². The van der Waals surface area contributed by atoms with Crippen molar-refractivity contribution in [3.05, 3.63) is 82.3 Å². The van der Waals surface area contributed by atoms with Gasteiger partial charge in [0.25, 0.3) is 10.0 Å². The van der Waals surface area contributed by atoms with Crippen LogP contribution in [0.3, 0.4) is 0 Å². The monoisotopic (exact) mass is 605 g/mol. The van der Waals surface area contributed by atoms with Gasteiger partial charge in [-0.2, -0.15) is 0 Å². The summed E-state index contributed by atoms with van der Waals surface area (Å²) in [7, 11) is -2.72. The number of halogens is 2. The molecule has 1 N–H and O–H groups in total. The number of ether oxygens (including phenoxy) is 2. The van der Waals surface area contributed by atoms with E-state index in [2.05, 4.69) is 5.32 Å². The highest BCUT2D eigenvalue weighted by molar-refractivity contribution is 7.92. The van der Waals surface area contributed by atoms with Gasteiger partial charge in [0.05, 0.1) is 20.6 Å². The van der Waals surface area contributed by atoms with Crippen LogP contribution in [0.4, 0.5) is 5.69 Å². The SMILES string of the molecule is CCC(C(=O)NC)N(Cc1ccc(Cl)c(Cl)c1)C(=O)CN(c1ccc2c(c1)OCCO2)S(=O)(=O)c1ccccc1. The fourth-order valence-electron chi connectivity index (χ4n) is 4.36. The van der Waals surface area contributed by atoms with Crippen molar-refractivity contribution in [2.24, 2.45) is 0 Å². The summed E-state index contributed by atoms with van der Waals surface area (Å²) < 4.78 is 40.1. The first kappa shape index (κ1) is 29.5. The molecule has 0 fully saturated rings. The van der Waals surface area contributed by atoms with E-state index in [0.29, 0.717) is 46.7 Å². The number of nitrogens with one attached hydrogen (secondary N) is 1. The van der Waals surface area contributed by atoms with Gasteiger partial charge in [-0.05, 0) is 48.4 Å². The van der Waals surface area contributed by atoms with Crippen LogP contribution in [0.5, 0.6) is 11.5 Å². The molecule has 3 aromatic carbocycles. The second-order valence-electron chi connectivity index (χ2n) is 8.96. The lowest BCUT2D eigenvalue weighted by molar-refractivity contribution is -0.140. The molecule has 0 bridgehead atoms. The molecule has 40 heavy (non-hydrogen) atoms. The van der Waals surface area contributed by atoms with Crippen molar-refractivity contribution in [2.45, 2.75) is 30.8 Å². The van der Waals surface area contributed by atoms with Gasteiger partial charge >= 0.3 is 0 Å². The van der Waals surface area contributed by atoms with Gasteiger partial charge in [0.15, 0.2) is 11.5 Å². The number of amides is 2. The Bertz CT molecular complexity index is 1490. The van der Waals surface area contributed by atoms with E-state index in [1.54, 1.807) is 55.5 Å². The smallest absolute Gasteiger partial charge is 0.264 e. The topological polar surface area (TPSA) is 105 Å². The Morgan fingerprint density at radius 3 is 2.30 bits per heavy atom. The van der Waals surface area contributed by atoms with Gasteiger partial charge in [-0.15, -0.1) is 0 Å². The van der Waals surface area contributed by atoms with Crippen LogP contribution < -0.4 is 19.1 Å². The number of benzene rings is 3. The summed E-state index contributed by atoms with van der Waals surface area (Å²) in [4.78, 5) is 28.2. The number of fused-ring (bicyclic) bond motifs is 1. The molecule has 1 unspecified atom stereocenters. The predicted octanol–water partition coefficient (Wildman–Crippen LogP) is 4.51.